The number of benzene rings is 1. The molecule has 0 bridgehead atoms. The number of Topliss-reactive ketones (excluding diaryl/α,β-unsaturated/α-hetero) is 1. The van der Waals surface area contributed by atoms with Gasteiger partial charge in [-0.1, -0.05) is 12.1 Å². The minimum absolute atomic E-state index is 0.160. The molecular weight excluding hydrogens is 214 g/mol. The largest absolute Gasteiger partial charge is 0.291 e. The fourth-order valence-electron chi connectivity index (χ4n) is 1.72. The lowest BCUT2D eigenvalue weighted by atomic mass is 10.1. The van der Waals surface area contributed by atoms with Crippen molar-refractivity contribution in [2.24, 2.45) is 0 Å². The van der Waals surface area contributed by atoms with Gasteiger partial charge < -0.3 is 0 Å². The van der Waals surface area contributed by atoms with E-state index in [-0.39, 0.29) is 12.2 Å². The molecule has 0 saturated carbocycles. The molecule has 0 aliphatic carbocycles. The van der Waals surface area contributed by atoms with Gasteiger partial charge in [0, 0.05) is 0 Å². The maximum atomic E-state index is 11.7. The number of aromatic nitrogens is 2. The molecule has 0 fully saturated rings. The van der Waals surface area contributed by atoms with Crippen molar-refractivity contribution < 1.29 is 4.79 Å². The number of ketones is 1. The van der Waals surface area contributed by atoms with Crippen molar-refractivity contribution in [1.82, 2.24) is 9.97 Å². The predicted octanol–water partition coefficient (Wildman–Crippen LogP) is 2.34. The number of hydrogen-bond donors (Lipinski definition) is 0. The molecule has 1 heterocycles. The molecule has 4 heteroatoms. The van der Waals surface area contributed by atoms with E-state index in [1.165, 1.54) is 0 Å². The Balaban J connectivity index is 2.65. The molecule has 0 aliphatic rings. The molecule has 0 atom stereocenters. The van der Waals surface area contributed by atoms with E-state index in [0.717, 1.165) is 11.1 Å². The molecule has 0 spiro atoms. The maximum absolute atomic E-state index is 11.7. The van der Waals surface area contributed by atoms with Crippen molar-refractivity contribution in [3.63, 3.8) is 0 Å². The van der Waals surface area contributed by atoms with E-state index >= 15 is 0 Å². The summed E-state index contributed by atoms with van der Waals surface area (Å²) in [6.07, 6.45) is -0.160. The highest BCUT2D eigenvalue weighted by Gasteiger charge is 2.13. The Morgan fingerprint density at radius 2 is 2.12 bits per heavy atom. The number of fused-ring (bicyclic) bond motifs is 1. The molecule has 2 rings (SSSR count). The van der Waals surface area contributed by atoms with Crippen LogP contribution < -0.4 is 0 Å². The Bertz CT molecular complexity index is 641. The number of para-hydroxylation sites is 1. The first-order valence-electron chi connectivity index (χ1n) is 5.27. The minimum Gasteiger partial charge on any atom is -0.291 e. The summed E-state index contributed by atoms with van der Waals surface area (Å²) < 4.78 is 0. The SMILES string of the molecule is Cc1nc2c(C)cccc2nc1C(=O)CC#N. The zero-order valence-corrected chi connectivity index (χ0v) is 9.69. The molecule has 84 valence electrons. The van der Waals surface area contributed by atoms with Gasteiger partial charge in [-0.3, -0.25) is 4.79 Å². The maximum Gasteiger partial charge on any atom is 0.197 e. The van der Waals surface area contributed by atoms with Crippen LogP contribution in [0.25, 0.3) is 11.0 Å². The number of nitriles is 1. The van der Waals surface area contributed by atoms with E-state index in [1.54, 1.807) is 6.92 Å². The van der Waals surface area contributed by atoms with E-state index < -0.39 is 0 Å². The van der Waals surface area contributed by atoms with Crippen molar-refractivity contribution in [1.29, 1.82) is 5.26 Å². The fraction of sp³-hybridized carbons (Fsp3) is 0.231. The second-order valence-corrected chi connectivity index (χ2v) is 3.86. The molecule has 0 aliphatic heterocycles. The molecular formula is C13H11N3O. The lowest BCUT2D eigenvalue weighted by molar-refractivity contribution is 0.0992. The topological polar surface area (TPSA) is 66.6 Å². The van der Waals surface area contributed by atoms with Gasteiger partial charge in [-0.2, -0.15) is 5.26 Å². The van der Waals surface area contributed by atoms with Crippen LogP contribution >= 0.6 is 0 Å². The Morgan fingerprint density at radius 1 is 1.35 bits per heavy atom. The van der Waals surface area contributed by atoms with Crippen LogP contribution in [0.2, 0.25) is 0 Å². The Kier molecular flexibility index (Phi) is 2.84. The number of carbonyl (C=O) groups excluding carboxylic acids is 1. The van der Waals surface area contributed by atoms with Gasteiger partial charge in [-0.05, 0) is 25.5 Å². The van der Waals surface area contributed by atoms with E-state index in [9.17, 15) is 4.79 Å². The summed E-state index contributed by atoms with van der Waals surface area (Å²) >= 11 is 0. The van der Waals surface area contributed by atoms with Gasteiger partial charge in [0.05, 0.1) is 22.8 Å². The van der Waals surface area contributed by atoms with Gasteiger partial charge >= 0.3 is 0 Å². The molecule has 0 unspecified atom stereocenters. The van der Waals surface area contributed by atoms with Crippen LogP contribution in [-0.4, -0.2) is 15.8 Å². The van der Waals surface area contributed by atoms with Crippen LogP contribution in [0, 0.1) is 25.2 Å². The highest BCUT2D eigenvalue weighted by atomic mass is 16.1. The van der Waals surface area contributed by atoms with Crippen molar-refractivity contribution in [2.45, 2.75) is 20.3 Å². The summed E-state index contributed by atoms with van der Waals surface area (Å²) in [6, 6.07) is 7.48. The summed E-state index contributed by atoms with van der Waals surface area (Å²) in [4.78, 5) is 20.3. The number of rotatable bonds is 2. The molecule has 0 amide bonds. The van der Waals surface area contributed by atoms with Gasteiger partial charge in [0.15, 0.2) is 5.78 Å². The van der Waals surface area contributed by atoms with Crippen molar-refractivity contribution in [2.75, 3.05) is 0 Å². The monoisotopic (exact) mass is 225 g/mol. The molecule has 17 heavy (non-hydrogen) atoms. The molecule has 0 N–H and O–H groups in total. The summed E-state index contributed by atoms with van der Waals surface area (Å²) in [6.45, 7) is 3.69. The van der Waals surface area contributed by atoms with Crippen molar-refractivity contribution in [3.05, 3.63) is 35.2 Å². The predicted molar refractivity (Wildman–Crippen MR) is 63.6 cm³/mol. The Hall–Kier alpha value is -2.28. The van der Waals surface area contributed by atoms with E-state index in [4.69, 9.17) is 5.26 Å². The first kappa shape index (κ1) is 11.2. The average molecular weight is 225 g/mol. The molecule has 0 radical (unpaired) electrons. The molecule has 1 aromatic carbocycles. The molecule has 4 nitrogen and oxygen atoms in total. The average Bonchev–Trinajstić information content (AvgIpc) is 2.30. The van der Waals surface area contributed by atoms with Crippen LogP contribution in [0.5, 0.6) is 0 Å². The number of aryl methyl sites for hydroxylation is 2. The van der Waals surface area contributed by atoms with Gasteiger partial charge in [0.25, 0.3) is 0 Å². The third-order valence-corrected chi connectivity index (χ3v) is 2.57. The molecule has 0 saturated heterocycles. The molecule has 1 aromatic heterocycles. The van der Waals surface area contributed by atoms with Crippen molar-refractivity contribution in [3.8, 4) is 6.07 Å². The van der Waals surface area contributed by atoms with E-state index in [0.29, 0.717) is 16.9 Å². The second kappa shape index (κ2) is 4.30. The zero-order chi connectivity index (χ0) is 12.4. The standard InChI is InChI=1S/C13H11N3O/c1-8-4-3-5-10-12(8)15-9(2)13(16-10)11(17)6-7-14/h3-5H,6H2,1-2H3. The minimum atomic E-state index is -0.277. The summed E-state index contributed by atoms with van der Waals surface area (Å²) in [5.74, 6) is -0.277. The number of carbonyl (C=O) groups is 1. The lowest BCUT2D eigenvalue weighted by Gasteiger charge is -2.05. The fourth-order valence-corrected chi connectivity index (χ4v) is 1.72. The highest BCUT2D eigenvalue weighted by Crippen LogP contribution is 2.17. The Morgan fingerprint density at radius 3 is 2.82 bits per heavy atom. The second-order valence-electron chi connectivity index (χ2n) is 3.86. The Labute approximate surface area is 98.9 Å². The van der Waals surface area contributed by atoms with Crippen LogP contribution in [0.3, 0.4) is 0 Å². The van der Waals surface area contributed by atoms with Crippen LogP contribution in [0.1, 0.15) is 28.2 Å². The number of nitrogens with zero attached hydrogens (tertiary/aromatic N) is 3. The van der Waals surface area contributed by atoms with Gasteiger partial charge in [0.1, 0.15) is 12.1 Å². The number of hydrogen-bond acceptors (Lipinski definition) is 4. The summed E-state index contributed by atoms with van der Waals surface area (Å²) in [5.41, 5.74) is 3.39. The summed E-state index contributed by atoms with van der Waals surface area (Å²) in [5, 5.41) is 8.53. The third-order valence-electron chi connectivity index (χ3n) is 2.57. The first-order chi connectivity index (χ1) is 8.13. The zero-order valence-electron chi connectivity index (χ0n) is 9.69. The van der Waals surface area contributed by atoms with Gasteiger partial charge in [-0.25, -0.2) is 9.97 Å². The van der Waals surface area contributed by atoms with E-state index in [1.807, 2.05) is 31.2 Å². The summed E-state index contributed by atoms with van der Waals surface area (Å²) in [7, 11) is 0. The third kappa shape index (κ3) is 2.00. The first-order valence-corrected chi connectivity index (χ1v) is 5.27. The smallest absolute Gasteiger partial charge is 0.197 e. The van der Waals surface area contributed by atoms with Crippen molar-refractivity contribution >= 4 is 16.8 Å². The highest BCUT2D eigenvalue weighted by molar-refractivity contribution is 5.98. The lowest BCUT2D eigenvalue weighted by Crippen LogP contribution is -2.06. The van der Waals surface area contributed by atoms with E-state index in [2.05, 4.69) is 9.97 Å². The molecule has 2 aromatic rings. The van der Waals surface area contributed by atoms with Gasteiger partial charge in [0.2, 0.25) is 0 Å². The quantitative estimate of drug-likeness (QED) is 0.736. The van der Waals surface area contributed by atoms with Crippen LogP contribution in [-0.2, 0) is 0 Å². The van der Waals surface area contributed by atoms with Crippen LogP contribution in [0.15, 0.2) is 18.2 Å². The van der Waals surface area contributed by atoms with Gasteiger partial charge in [-0.15, -0.1) is 0 Å². The normalized spacial score (nSPS) is 10.2. The van der Waals surface area contributed by atoms with Crippen LogP contribution in [0.4, 0.5) is 0 Å².